The molecule has 2 N–H and O–H groups in total. The zero-order valence-corrected chi connectivity index (χ0v) is 10.6. The number of halogens is 5. The standard InChI is InChI=1S/C10H13F5N2O3/c1-5-3-9(11,12)4-17(5)6(18)8(2,16)20-7(19)10(13,14)15/h5H,3-4,16H2,1-2H3/t5-,8-/m1/s1. The van der Waals surface area contributed by atoms with E-state index < -0.39 is 48.7 Å². The van der Waals surface area contributed by atoms with Crippen molar-refractivity contribution in [2.24, 2.45) is 5.73 Å². The fourth-order valence-electron chi connectivity index (χ4n) is 1.86. The second kappa shape index (κ2) is 4.83. The van der Waals surface area contributed by atoms with E-state index in [1.165, 1.54) is 6.92 Å². The summed E-state index contributed by atoms with van der Waals surface area (Å²) < 4.78 is 66.3. The van der Waals surface area contributed by atoms with Gasteiger partial charge in [0.15, 0.2) is 0 Å². The maximum absolute atomic E-state index is 13.1. The topological polar surface area (TPSA) is 72.6 Å². The maximum atomic E-state index is 13.1. The predicted molar refractivity (Wildman–Crippen MR) is 55.5 cm³/mol. The Balaban J connectivity index is 2.83. The van der Waals surface area contributed by atoms with Gasteiger partial charge in [-0.15, -0.1) is 0 Å². The van der Waals surface area contributed by atoms with Gasteiger partial charge in [0.2, 0.25) is 5.72 Å². The van der Waals surface area contributed by atoms with Crippen LogP contribution in [0.2, 0.25) is 0 Å². The summed E-state index contributed by atoms with van der Waals surface area (Å²) in [6, 6.07) is -0.926. The summed E-state index contributed by atoms with van der Waals surface area (Å²) in [5, 5.41) is 0. The minimum Gasteiger partial charge on any atom is -0.428 e. The molecule has 1 aliphatic rings. The molecule has 10 heteroatoms. The molecule has 0 aliphatic carbocycles. The summed E-state index contributed by atoms with van der Waals surface area (Å²) in [6.45, 7) is 1.02. The van der Waals surface area contributed by atoms with Crippen molar-refractivity contribution < 1.29 is 36.3 Å². The van der Waals surface area contributed by atoms with Crippen molar-refractivity contribution in [3.63, 3.8) is 0 Å². The Morgan fingerprint density at radius 2 is 1.85 bits per heavy atom. The third-order valence-corrected chi connectivity index (χ3v) is 2.75. The minimum absolute atomic E-state index is 0.601. The number of hydrogen-bond acceptors (Lipinski definition) is 4. The van der Waals surface area contributed by atoms with E-state index in [4.69, 9.17) is 5.73 Å². The first kappa shape index (κ1) is 16.6. The molecule has 1 rings (SSSR count). The highest BCUT2D eigenvalue weighted by Crippen LogP contribution is 2.33. The van der Waals surface area contributed by atoms with Crippen LogP contribution in [0, 0.1) is 0 Å². The summed E-state index contributed by atoms with van der Waals surface area (Å²) in [4.78, 5) is 23.1. The van der Waals surface area contributed by atoms with Gasteiger partial charge in [-0.1, -0.05) is 0 Å². The summed E-state index contributed by atoms with van der Waals surface area (Å²) >= 11 is 0. The Labute approximate surface area is 110 Å². The highest BCUT2D eigenvalue weighted by atomic mass is 19.4. The fourth-order valence-corrected chi connectivity index (χ4v) is 1.86. The van der Waals surface area contributed by atoms with Crippen molar-refractivity contribution in [1.82, 2.24) is 4.90 Å². The Morgan fingerprint density at radius 1 is 1.35 bits per heavy atom. The van der Waals surface area contributed by atoms with E-state index in [2.05, 4.69) is 4.74 Å². The van der Waals surface area contributed by atoms with Crippen molar-refractivity contribution >= 4 is 11.9 Å². The van der Waals surface area contributed by atoms with Gasteiger partial charge in [0.25, 0.3) is 11.8 Å². The summed E-state index contributed by atoms with van der Waals surface area (Å²) in [5.41, 5.74) is 2.54. The zero-order valence-electron chi connectivity index (χ0n) is 10.6. The number of alkyl halides is 5. The number of amides is 1. The van der Waals surface area contributed by atoms with Crippen molar-refractivity contribution in [3.8, 4) is 0 Å². The molecule has 0 unspecified atom stereocenters. The van der Waals surface area contributed by atoms with Gasteiger partial charge in [-0.2, -0.15) is 13.2 Å². The van der Waals surface area contributed by atoms with E-state index in [0.717, 1.165) is 0 Å². The Hall–Kier alpha value is -1.45. The van der Waals surface area contributed by atoms with Crippen LogP contribution in [-0.4, -0.2) is 47.2 Å². The molecule has 0 aromatic carbocycles. The van der Waals surface area contributed by atoms with Crippen molar-refractivity contribution in [1.29, 1.82) is 0 Å². The SMILES string of the molecule is C[C@@H]1CC(F)(F)CN1C(=O)[C@](C)(N)OC(=O)C(F)(F)F. The van der Waals surface area contributed by atoms with Crippen molar-refractivity contribution in [3.05, 3.63) is 0 Å². The van der Waals surface area contributed by atoms with Crippen LogP contribution in [0.4, 0.5) is 22.0 Å². The lowest BCUT2D eigenvalue weighted by Gasteiger charge is -2.30. The molecule has 1 saturated heterocycles. The molecule has 2 atom stereocenters. The number of rotatable bonds is 2. The number of carbonyl (C=O) groups excluding carboxylic acids is 2. The molecule has 1 fully saturated rings. The van der Waals surface area contributed by atoms with Gasteiger partial charge >= 0.3 is 12.1 Å². The average Bonchev–Trinajstić information content (AvgIpc) is 2.48. The van der Waals surface area contributed by atoms with Gasteiger partial charge in [-0.25, -0.2) is 13.6 Å². The first-order chi connectivity index (χ1) is 8.76. The molecule has 1 aliphatic heterocycles. The highest BCUT2D eigenvalue weighted by Gasteiger charge is 2.52. The number of likely N-dealkylation sites (tertiary alicyclic amines) is 1. The van der Waals surface area contributed by atoms with Gasteiger partial charge in [-0.3, -0.25) is 10.5 Å². The van der Waals surface area contributed by atoms with E-state index in [0.29, 0.717) is 11.8 Å². The third-order valence-electron chi connectivity index (χ3n) is 2.75. The molecule has 0 bridgehead atoms. The Bertz CT molecular complexity index is 422. The van der Waals surface area contributed by atoms with Crippen LogP contribution >= 0.6 is 0 Å². The molecule has 0 aromatic heterocycles. The fraction of sp³-hybridized carbons (Fsp3) is 0.800. The molecular weight excluding hydrogens is 291 g/mol. The first-order valence-electron chi connectivity index (χ1n) is 5.54. The van der Waals surface area contributed by atoms with Crippen LogP contribution in [0.1, 0.15) is 20.3 Å². The summed E-state index contributed by atoms with van der Waals surface area (Å²) in [6.07, 6.45) is -5.97. The van der Waals surface area contributed by atoms with Crippen LogP contribution in [0.15, 0.2) is 0 Å². The Kier molecular flexibility index (Phi) is 4.01. The quantitative estimate of drug-likeness (QED) is 0.470. The number of carbonyl (C=O) groups is 2. The lowest BCUT2D eigenvalue weighted by atomic mass is 10.2. The summed E-state index contributed by atoms with van der Waals surface area (Å²) in [5.74, 6) is -7.12. The zero-order chi connectivity index (χ0) is 15.9. The first-order valence-corrected chi connectivity index (χ1v) is 5.54. The number of nitrogens with two attached hydrogens (primary N) is 1. The molecule has 20 heavy (non-hydrogen) atoms. The lowest BCUT2D eigenvalue weighted by Crippen LogP contribution is -2.58. The number of hydrogen-bond donors (Lipinski definition) is 1. The molecule has 116 valence electrons. The van der Waals surface area contributed by atoms with E-state index in [-0.39, 0.29) is 0 Å². The number of nitrogens with zero attached hydrogens (tertiary/aromatic N) is 1. The third kappa shape index (κ3) is 3.56. The molecule has 5 nitrogen and oxygen atoms in total. The second-order valence-corrected chi connectivity index (χ2v) is 4.84. The van der Waals surface area contributed by atoms with Crippen molar-refractivity contribution in [2.45, 2.75) is 44.1 Å². The smallest absolute Gasteiger partial charge is 0.428 e. The van der Waals surface area contributed by atoms with Gasteiger partial charge in [0, 0.05) is 12.5 Å². The van der Waals surface area contributed by atoms with Crippen LogP contribution in [-0.2, 0) is 14.3 Å². The molecule has 0 radical (unpaired) electrons. The van der Waals surface area contributed by atoms with Crippen molar-refractivity contribution in [2.75, 3.05) is 6.54 Å². The van der Waals surface area contributed by atoms with Crippen LogP contribution in [0.3, 0.4) is 0 Å². The van der Waals surface area contributed by atoms with E-state index in [9.17, 15) is 31.5 Å². The van der Waals surface area contributed by atoms with E-state index in [1.807, 2.05) is 0 Å². The van der Waals surface area contributed by atoms with Gasteiger partial charge in [-0.05, 0) is 13.8 Å². The predicted octanol–water partition coefficient (Wildman–Crippen LogP) is 1.02. The normalized spacial score (nSPS) is 25.2. The van der Waals surface area contributed by atoms with Crippen LogP contribution < -0.4 is 5.73 Å². The molecule has 0 saturated carbocycles. The number of esters is 1. The second-order valence-electron chi connectivity index (χ2n) is 4.84. The number of ether oxygens (including phenoxy) is 1. The van der Waals surface area contributed by atoms with Crippen LogP contribution in [0.5, 0.6) is 0 Å². The van der Waals surface area contributed by atoms with Crippen LogP contribution in [0.25, 0.3) is 0 Å². The molecule has 0 aromatic rings. The van der Waals surface area contributed by atoms with Gasteiger partial charge in [0.05, 0.1) is 6.54 Å². The monoisotopic (exact) mass is 304 g/mol. The maximum Gasteiger partial charge on any atom is 0.491 e. The van der Waals surface area contributed by atoms with E-state index in [1.54, 1.807) is 0 Å². The molecule has 1 amide bonds. The van der Waals surface area contributed by atoms with Gasteiger partial charge < -0.3 is 9.64 Å². The lowest BCUT2D eigenvalue weighted by molar-refractivity contribution is -0.214. The molecule has 1 heterocycles. The summed E-state index contributed by atoms with van der Waals surface area (Å²) in [7, 11) is 0. The largest absolute Gasteiger partial charge is 0.491 e. The highest BCUT2D eigenvalue weighted by molar-refractivity contribution is 5.88. The average molecular weight is 304 g/mol. The molecule has 0 spiro atoms. The van der Waals surface area contributed by atoms with Gasteiger partial charge in [0.1, 0.15) is 0 Å². The minimum atomic E-state index is -5.33. The Morgan fingerprint density at radius 3 is 2.20 bits per heavy atom. The molecular formula is C10H13F5N2O3. The van der Waals surface area contributed by atoms with E-state index >= 15 is 0 Å².